The topological polar surface area (TPSA) is 88.3 Å². The summed E-state index contributed by atoms with van der Waals surface area (Å²) in [7, 11) is 0. The second kappa shape index (κ2) is 8.38. The number of carbonyl (C=O) groups excluding carboxylic acids is 1. The highest BCUT2D eigenvalue weighted by Gasteiger charge is 2.29. The largest absolute Gasteiger partial charge is 0.422 e. The molecule has 0 radical (unpaired) electrons. The monoisotopic (exact) mass is 406 g/mol. The highest BCUT2D eigenvalue weighted by Crippen LogP contribution is 2.29. The second-order valence-corrected chi connectivity index (χ2v) is 8.27. The summed E-state index contributed by atoms with van der Waals surface area (Å²) in [5, 5.41) is 0. The third-order valence-electron chi connectivity index (χ3n) is 6.28. The molecule has 2 aliphatic rings. The van der Waals surface area contributed by atoms with Crippen molar-refractivity contribution in [2.45, 2.75) is 38.0 Å². The van der Waals surface area contributed by atoms with Crippen LogP contribution in [0, 0.1) is 5.92 Å². The van der Waals surface area contributed by atoms with Gasteiger partial charge in [-0.15, -0.1) is 0 Å². The number of carbonyl (C=O) groups is 1. The second-order valence-electron chi connectivity index (χ2n) is 8.27. The number of hydrogen-bond donors (Lipinski definition) is 0. The van der Waals surface area contributed by atoms with Gasteiger partial charge >= 0.3 is 0 Å². The lowest BCUT2D eigenvalue weighted by Crippen LogP contribution is -2.42. The van der Waals surface area contributed by atoms with Crippen molar-refractivity contribution >= 4 is 23.2 Å². The van der Waals surface area contributed by atoms with Crippen molar-refractivity contribution in [3.8, 4) is 0 Å². The Kier molecular flexibility index (Phi) is 5.29. The van der Waals surface area contributed by atoms with E-state index in [1.54, 1.807) is 18.7 Å². The van der Waals surface area contributed by atoms with Crippen molar-refractivity contribution in [2.24, 2.45) is 5.92 Å². The van der Waals surface area contributed by atoms with E-state index >= 15 is 0 Å². The average molecular weight is 406 g/mol. The molecule has 0 N–H and O–H groups in total. The van der Waals surface area contributed by atoms with Gasteiger partial charge in [-0.1, -0.05) is 0 Å². The first-order valence-corrected chi connectivity index (χ1v) is 10.8. The maximum Gasteiger partial charge on any atom is 0.299 e. The zero-order valence-corrected chi connectivity index (χ0v) is 17.0. The predicted molar refractivity (Wildman–Crippen MR) is 112 cm³/mol. The number of rotatable bonds is 4. The van der Waals surface area contributed by atoms with Crippen LogP contribution in [0.15, 0.2) is 41.3 Å². The molecule has 0 aromatic carbocycles. The molecule has 0 aliphatic carbocycles. The van der Waals surface area contributed by atoms with E-state index < -0.39 is 0 Å². The Morgan fingerprint density at radius 3 is 2.80 bits per heavy atom. The molecule has 1 unspecified atom stereocenters. The van der Waals surface area contributed by atoms with E-state index in [4.69, 9.17) is 4.42 Å². The maximum absolute atomic E-state index is 12.9. The van der Waals surface area contributed by atoms with Crippen LogP contribution >= 0.6 is 0 Å². The van der Waals surface area contributed by atoms with E-state index in [9.17, 15) is 4.79 Å². The fraction of sp³-hybridized carbons (Fsp3) is 0.500. The molecule has 2 fully saturated rings. The fourth-order valence-corrected chi connectivity index (χ4v) is 4.64. The lowest BCUT2D eigenvalue weighted by atomic mass is 9.91. The Labute approximate surface area is 175 Å². The standard InChI is InChI=1S/C22H26N6O2/c29-20(27-11-6-17(7-12-27)18-5-9-23-15-25-18)13-16-3-2-10-28(14-16)22-26-21-19(30-22)4-1-8-24-21/h1,4-5,8-9,15-17H,2-3,6-7,10-14H2. The van der Waals surface area contributed by atoms with Crippen molar-refractivity contribution < 1.29 is 9.21 Å². The lowest BCUT2D eigenvalue weighted by molar-refractivity contribution is -0.133. The van der Waals surface area contributed by atoms with Gasteiger partial charge in [-0.3, -0.25) is 4.79 Å². The maximum atomic E-state index is 12.9. The summed E-state index contributed by atoms with van der Waals surface area (Å²) in [5.74, 6) is 1.02. The van der Waals surface area contributed by atoms with Gasteiger partial charge < -0.3 is 14.2 Å². The third-order valence-corrected chi connectivity index (χ3v) is 6.28. The minimum absolute atomic E-state index is 0.266. The average Bonchev–Trinajstić information content (AvgIpc) is 3.24. The molecule has 5 rings (SSSR count). The molecule has 3 aromatic rings. The number of amides is 1. The van der Waals surface area contributed by atoms with Gasteiger partial charge in [0.2, 0.25) is 11.6 Å². The Morgan fingerprint density at radius 1 is 1.10 bits per heavy atom. The van der Waals surface area contributed by atoms with Crippen LogP contribution in [0.5, 0.6) is 0 Å². The van der Waals surface area contributed by atoms with E-state index in [0.717, 1.165) is 57.6 Å². The van der Waals surface area contributed by atoms with Crippen LogP contribution in [0.1, 0.15) is 43.7 Å². The summed E-state index contributed by atoms with van der Waals surface area (Å²) < 4.78 is 5.88. The highest BCUT2D eigenvalue weighted by atomic mass is 16.4. The Balaban J connectivity index is 1.16. The van der Waals surface area contributed by atoms with E-state index in [-0.39, 0.29) is 5.91 Å². The summed E-state index contributed by atoms with van der Waals surface area (Å²) >= 11 is 0. The first-order chi connectivity index (χ1) is 14.8. The molecule has 2 saturated heterocycles. The summed E-state index contributed by atoms with van der Waals surface area (Å²) in [4.78, 5) is 34.3. The van der Waals surface area contributed by atoms with E-state index in [2.05, 4.69) is 24.8 Å². The summed E-state index contributed by atoms with van der Waals surface area (Å²) in [6.45, 7) is 3.32. The van der Waals surface area contributed by atoms with E-state index in [1.807, 2.05) is 23.1 Å². The van der Waals surface area contributed by atoms with Crippen molar-refractivity contribution in [3.05, 3.63) is 42.6 Å². The first kappa shape index (κ1) is 19.0. The number of fused-ring (bicyclic) bond motifs is 1. The van der Waals surface area contributed by atoms with Crippen molar-refractivity contribution in [1.82, 2.24) is 24.8 Å². The van der Waals surface area contributed by atoms with Gasteiger partial charge in [-0.2, -0.15) is 4.98 Å². The highest BCUT2D eigenvalue weighted by molar-refractivity contribution is 5.76. The number of hydrogen-bond acceptors (Lipinski definition) is 7. The van der Waals surface area contributed by atoms with Crippen LogP contribution in [0.2, 0.25) is 0 Å². The van der Waals surface area contributed by atoms with Gasteiger partial charge in [0.15, 0.2) is 5.58 Å². The molecule has 2 aliphatic heterocycles. The zero-order valence-electron chi connectivity index (χ0n) is 17.0. The molecule has 8 nitrogen and oxygen atoms in total. The quantitative estimate of drug-likeness (QED) is 0.658. The molecular weight excluding hydrogens is 380 g/mol. The number of nitrogens with zero attached hydrogens (tertiary/aromatic N) is 6. The number of anilines is 1. The molecule has 3 aromatic heterocycles. The molecule has 0 spiro atoms. The number of likely N-dealkylation sites (tertiary alicyclic amines) is 1. The number of piperidine rings is 2. The molecule has 1 amide bonds. The van der Waals surface area contributed by atoms with Crippen LogP contribution in [-0.2, 0) is 4.79 Å². The number of aromatic nitrogens is 4. The van der Waals surface area contributed by atoms with Gasteiger partial charge in [-0.25, -0.2) is 15.0 Å². The smallest absolute Gasteiger partial charge is 0.299 e. The van der Waals surface area contributed by atoms with Crippen molar-refractivity contribution in [2.75, 3.05) is 31.1 Å². The Morgan fingerprint density at radius 2 is 2.00 bits per heavy atom. The molecule has 5 heterocycles. The van der Waals surface area contributed by atoms with Gasteiger partial charge in [0.1, 0.15) is 6.33 Å². The third kappa shape index (κ3) is 3.99. The summed E-state index contributed by atoms with van der Waals surface area (Å²) in [6, 6.07) is 6.34. The molecular formula is C22H26N6O2. The van der Waals surface area contributed by atoms with Crippen LogP contribution < -0.4 is 4.90 Å². The summed E-state index contributed by atoms with van der Waals surface area (Å²) in [5.41, 5.74) is 2.43. The molecule has 30 heavy (non-hydrogen) atoms. The van der Waals surface area contributed by atoms with Crippen LogP contribution in [0.4, 0.5) is 6.01 Å². The molecule has 156 valence electrons. The fourth-order valence-electron chi connectivity index (χ4n) is 4.64. The Hall–Kier alpha value is -3.03. The normalized spacial score (nSPS) is 20.6. The van der Waals surface area contributed by atoms with Crippen molar-refractivity contribution in [1.29, 1.82) is 0 Å². The van der Waals surface area contributed by atoms with Gasteiger partial charge in [0.25, 0.3) is 6.01 Å². The zero-order chi connectivity index (χ0) is 20.3. The minimum atomic E-state index is 0.266. The van der Waals surface area contributed by atoms with E-state index in [0.29, 0.717) is 35.5 Å². The van der Waals surface area contributed by atoms with Gasteiger partial charge in [0.05, 0.1) is 0 Å². The number of pyridine rings is 1. The first-order valence-electron chi connectivity index (χ1n) is 10.8. The number of oxazole rings is 1. The van der Waals surface area contributed by atoms with Crippen LogP contribution in [0.25, 0.3) is 11.2 Å². The van der Waals surface area contributed by atoms with Crippen LogP contribution in [0.3, 0.4) is 0 Å². The van der Waals surface area contributed by atoms with Gasteiger partial charge in [-0.05, 0) is 49.8 Å². The predicted octanol–water partition coefficient (Wildman–Crippen LogP) is 3.03. The molecule has 0 saturated carbocycles. The minimum Gasteiger partial charge on any atom is -0.422 e. The van der Waals surface area contributed by atoms with E-state index in [1.165, 1.54) is 0 Å². The lowest BCUT2D eigenvalue weighted by Gasteiger charge is -2.35. The molecule has 1 atom stereocenters. The van der Waals surface area contributed by atoms with Crippen LogP contribution in [-0.4, -0.2) is 56.9 Å². The summed E-state index contributed by atoms with van der Waals surface area (Å²) in [6.07, 6.45) is 9.76. The van der Waals surface area contributed by atoms with Crippen molar-refractivity contribution in [3.63, 3.8) is 0 Å². The van der Waals surface area contributed by atoms with Gasteiger partial charge in [0, 0.05) is 56.6 Å². The molecule has 8 heteroatoms. The SMILES string of the molecule is O=C(CC1CCCN(c2nc3ncccc3o2)C1)N1CCC(c2ccncn2)CC1. The molecule has 0 bridgehead atoms. The Bertz CT molecular complexity index is 966.